The third-order valence-electron chi connectivity index (χ3n) is 3.83. The van der Waals surface area contributed by atoms with Crippen LogP contribution in [-0.2, 0) is 0 Å². The monoisotopic (exact) mass is 316 g/mol. The van der Waals surface area contributed by atoms with Crippen LogP contribution in [0.2, 0.25) is 0 Å². The molecule has 0 fully saturated rings. The van der Waals surface area contributed by atoms with Crippen molar-refractivity contribution in [3.63, 3.8) is 0 Å². The number of ether oxygens (including phenoxy) is 1. The van der Waals surface area contributed by atoms with Gasteiger partial charge in [-0.1, -0.05) is 18.2 Å². The normalized spacial score (nSPS) is 10.7. The second-order valence-electron chi connectivity index (χ2n) is 5.33. The molecule has 24 heavy (non-hydrogen) atoms. The van der Waals surface area contributed by atoms with E-state index >= 15 is 0 Å². The van der Waals surface area contributed by atoms with E-state index in [4.69, 9.17) is 4.74 Å². The van der Waals surface area contributed by atoms with Crippen molar-refractivity contribution >= 4 is 22.5 Å². The van der Waals surface area contributed by atoms with Gasteiger partial charge in [0, 0.05) is 11.9 Å². The number of fused-ring (bicyclic) bond motifs is 1. The molecule has 4 aromatic rings. The topological polar surface area (TPSA) is 52.0 Å². The summed E-state index contributed by atoms with van der Waals surface area (Å²) >= 11 is 0. The van der Waals surface area contributed by atoms with Crippen LogP contribution in [0, 0.1) is 0 Å². The molecule has 4 rings (SSSR count). The number of benzene rings is 2. The summed E-state index contributed by atoms with van der Waals surface area (Å²) in [6.07, 6.45) is 3.57. The Balaban J connectivity index is 1.73. The number of rotatable bonds is 4. The molecule has 0 saturated heterocycles. The van der Waals surface area contributed by atoms with E-state index in [1.165, 1.54) is 0 Å². The van der Waals surface area contributed by atoms with E-state index < -0.39 is 0 Å². The van der Waals surface area contributed by atoms with E-state index in [9.17, 15) is 0 Å². The van der Waals surface area contributed by atoms with Gasteiger partial charge in [-0.05, 0) is 42.5 Å². The maximum Gasteiger partial charge on any atom is 0.142 e. The van der Waals surface area contributed by atoms with Crippen LogP contribution in [0.3, 0.4) is 0 Å². The van der Waals surface area contributed by atoms with E-state index in [2.05, 4.69) is 15.3 Å². The van der Waals surface area contributed by atoms with Gasteiger partial charge in [-0.2, -0.15) is 0 Å². The summed E-state index contributed by atoms with van der Waals surface area (Å²) in [5, 5.41) is 3.28. The van der Waals surface area contributed by atoms with Crippen molar-refractivity contribution in [1.82, 2.24) is 14.5 Å². The van der Waals surface area contributed by atoms with Crippen LogP contribution in [-0.4, -0.2) is 21.6 Å². The first-order valence-corrected chi connectivity index (χ1v) is 7.64. The number of aromatic nitrogens is 3. The molecular weight excluding hydrogens is 300 g/mol. The predicted octanol–water partition coefficient (Wildman–Crippen LogP) is 4.17. The molecular formula is C19H16N4O. The van der Waals surface area contributed by atoms with Crippen LogP contribution < -0.4 is 10.1 Å². The highest BCUT2D eigenvalue weighted by Crippen LogP contribution is 2.27. The van der Waals surface area contributed by atoms with Crippen LogP contribution in [0.1, 0.15) is 0 Å². The highest BCUT2D eigenvalue weighted by Gasteiger charge is 2.09. The maximum absolute atomic E-state index is 5.45. The van der Waals surface area contributed by atoms with E-state index in [1.807, 2.05) is 71.6 Å². The summed E-state index contributed by atoms with van der Waals surface area (Å²) in [5.74, 6) is 1.62. The fourth-order valence-electron chi connectivity index (χ4n) is 2.70. The third kappa shape index (κ3) is 2.56. The second kappa shape index (κ2) is 6.04. The molecule has 2 aromatic carbocycles. The number of nitrogens with one attached hydrogen (secondary N) is 1. The molecule has 0 atom stereocenters. The standard InChI is InChI=1S/C19H16N4O/c1-24-18-7-3-2-6-17(18)23-13-21-15-12-14(9-10-16(15)23)22-19-8-4-5-11-20-19/h2-13H,1H3,(H,20,22). The van der Waals surface area contributed by atoms with Crippen LogP contribution in [0.15, 0.2) is 73.2 Å². The Bertz CT molecular complexity index is 979. The lowest BCUT2D eigenvalue weighted by atomic mass is 10.2. The number of para-hydroxylation sites is 2. The predicted molar refractivity (Wildman–Crippen MR) is 95.1 cm³/mol. The van der Waals surface area contributed by atoms with Gasteiger partial charge in [-0.3, -0.25) is 4.57 Å². The van der Waals surface area contributed by atoms with Gasteiger partial charge < -0.3 is 10.1 Å². The molecule has 0 unspecified atom stereocenters. The lowest BCUT2D eigenvalue weighted by molar-refractivity contribution is 0.413. The zero-order valence-electron chi connectivity index (χ0n) is 13.2. The van der Waals surface area contributed by atoms with Crippen LogP contribution in [0.4, 0.5) is 11.5 Å². The molecule has 0 spiro atoms. The lowest BCUT2D eigenvalue weighted by Crippen LogP contribution is -1.96. The van der Waals surface area contributed by atoms with Gasteiger partial charge in [0.1, 0.15) is 17.9 Å². The zero-order valence-corrected chi connectivity index (χ0v) is 13.2. The molecule has 0 bridgehead atoms. The Morgan fingerprint density at radius 3 is 2.67 bits per heavy atom. The SMILES string of the molecule is COc1ccccc1-n1cnc2cc(Nc3ccccn3)ccc21. The van der Waals surface area contributed by atoms with E-state index in [-0.39, 0.29) is 0 Å². The van der Waals surface area contributed by atoms with Crippen molar-refractivity contribution in [1.29, 1.82) is 0 Å². The largest absolute Gasteiger partial charge is 0.495 e. The number of hydrogen-bond donors (Lipinski definition) is 1. The Kier molecular flexibility index (Phi) is 3.59. The van der Waals surface area contributed by atoms with Crippen molar-refractivity contribution in [3.05, 3.63) is 73.2 Å². The number of pyridine rings is 1. The zero-order chi connectivity index (χ0) is 16.4. The Labute approximate surface area is 139 Å². The van der Waals surface area contributed by atoms with Gasteiger partial charge >= 0.3 is 0 Å². The van der Waals surface area contributed by atoms with Gasteiger partial charge in [0.25, 0.3) is 0 Å². The summed E-state index contributed by atoms with van der Waals surface area (Å²) in [6.45, 7) is 0. The molecule has 2 heterocycles. The lowest BCUT2D eigenvalue weighted by Gasteiger charge is -2.10. The molecule has 0 aliphatic heterocycles. The van der Waals surface area contributed by atoms with Crippen LogP contribution in [0.25, 0.3) is 16.7 Å². The van der Waals surface area contributed by atoms with Gasteiger partial charge in [0.2, 0.25) is 0 Å². The quantitative estimate of drug-likeness (QED) is 0.614. The number of imidazole rings is 1. The minimum atomic E-state index is 0.806. The van der Waals surface area contributed by atoms with Crippen molar-refractivity contribution in [2.45, 2.75) is 0 Å². The Morgan fingerprint density at radius 2 is 1.83 bits per heavy atom. The molecule has 0 saturated carbocycles. The van der Waals surface area contributed by atoms with Crippen molar-refractivity contribution < 1.29 is 4.74 Å². The summed E-state index contributed by atoms with van der Waals surface area (Å²) in [4.78, 5) is 8.80. The van der Waals surface area contributed by atoms with Gasteiger partial charge in [0.15, 0.2) is 0 Å². The molecule has 2 aromatic heterocycles. The van der Waals surface area contributed by atoms with Crippen LogP contribution >= 0.6 is 0 Å². The summed E-state index contributed by atoms with van der Waals surface area (Å²) < 4.78 is 7.48. The molecule has 5 heteroatoms. The number of hydrogen-bond acceptors (Lipinski definition) is 4. The number of methoxy groups -OCH3 is 1. The number of anilines is 2. The van der Waals surface area contributed by atoms with E-state index in [0.29, 0.717) is 0 Å². The van der Waals surface area contributed by atoms with E-state index in [0.717, 1.165) is 34.0 Å². The Morgan fingerprint density at radius 1 is 0.958 bits per heavy atom. The van der Waals surface area contributed by atoms with Gasteiger partial charge in [0.05, 0.1) is 23.8 Å². The molecule has 0 aliphatic rings. The Hall–Kier alpha value is -3.34. The number of nitrogens with zero attached hydrogens (tertiary/aromatic N) is 3. The molecule has 0 radical (unpaired) electrons. The fourth-order valence-corrected chi connectivity index (χ4v) is 2.70. The summed E-state index contributed by atoms with van der Waals surface area (Å²) in [6, 6.07) is 19.7. The average Bonchev–Trinajstić information content (AvgIpc) is 3.05. The van der Waals surface area contributed by atoms with Crippen molar-refractivity contribution in [2.75, 3.05) is 12.4 Å². The van der Waals surface area contributed by atoms with Gasteiger partial charge in [-0.25, -0.2) is 9.97 Å². The summed E-state index contributed by atoms with van der Waals surface area (Å²) in [5.41, 5.74) is 3.84. The fraction of sp³-hybridized carbons (Fsp3) is 0.0526. The molecule has 5 nitrogen and oxygen atoms in total. The average molecular weight is 316 g/mol. The molecule has 0 aliphatic carbocycles. The van der Waals surface area contributed by atoms with E-state index in [1.54, 1.807) is 13.3 Å². The smallest absolute Gasteiger partial charge is 0.142 e. The first-order chi connectivity index (χ1) is 11.8. The molecule has 1 N–H and O–H groups in total. The minimum absolute atomic E-state index is 0.806. The second-order valence-corrected chi connectivity index (χ2v) is 5.33. The molecule has 118 valence electrons. The first-order valence-electron chi connectivity index (χ1n) is 7.64. The highest BCUT2D eigenvalue weighted by molar-refractivity contribution is 5.82. The minimum Gasteiger partial charge on any atom is -0.495 e. The van der Waals surface area contributed by atoms with Crippen LogP contribution in [0.5, 0.6) is 5.75 Å². The maximum atomic E-state index is 5.45. The van der Waals surface area contributed by atoms with Crippen molar-refractivity contribution in [3.8, 4) is 11.4 Å². The molecule has 0 amide bonds. The van der Waals surface area contributed by atoms with Crippen molar-refractivity contribution in [2.24, 2.45) is 0 Å². The highest BCUT2D eigenvalue weighted by atomic mass is 16.5. The van der Waals surface area contributed by atoms with Gasteiger partial charge in [-0.15, -0.1) is 0 Å². The third-order valence-corrected chi connectivity index (χ3v) is 3.83. The summed E-state index contributed by atoms with van der Waals surface area (Å²) in [7, 11) is 1.67. The first kappa shape index (κ1) is 14.3.